The molecule has 6 fully saturated rings. The van der Waals surface area contributed by atoms with Gasteiger partial charge in [0.05, 0.1) is 41.5 Å². The molecule has 9 nitrogen and oxygen atoms in total. The van der Waals surface area contributed by atoms with Crippen molar-refractivity contribution in [3.8, 4) is 5.75 Å². The van der Waals surface area contributed by atoms with Crippen molar-refractivity contribution >= 4 is 20.2 Å². The van der Waals surface area contributed by atoms with E-state index < -0.39 is 20.2 Å². The summed E-state index contributed by atoms with van der Waals surface area (Å²) in [6.07, 6.45) is 12.4. The molecule has 9 rings (SSSR count). The summed E-state index contributed by atoms with van der Waals surface area (Å²) in [5.41, 5.74) is 3.77. The van der Waals surface area contributed by atoms with Gasteiger partial charge in [-0.1, -0.05) is 18.6 Å². The summed E-state index contributed by atoms with van der Waals surface area (Å²) in [6.45, 7) is 0. The van der Waals surface area contributed by atoms with Gasteiger partial charge >= 0.3 is 10.1 Å². The van der Waals surface area contributed by atoms with Crippen molar-refractivity contribution in [2.24, 2.45) is 0 Å². The molecule has 2 aromatic rings. The van der Waals surface area contributed by atoms with Crippen LogP contribution in [0.2, 0.25) is 0 Å². The van der Waals surface area contributed by atoms with Crippen LogP contribution in [0.15, 0.2) is 34.1 Å². The van der Waals surface area contributed by atoms with E-state index in [1.165, 1.54) is 12.1 Å². The predicted octanol–water partition coefficient (Wildman–Crippen LogP) is 6.07. The van der Waals surface area contributed by atoms with Crippen molar-refractivity contribution in [3.63, 3.8) is 0 Å². The number of ether oxygens (including phenoxy) is 3. The predicted molar refractivity (Wildman–Crippen MR) is 168 cm³/mol. The first-order chi connectivity index (χ1) is 22.1. The molecule has 6 bridgehead atoms. The molecule has 6 saturated heterocycles. The van der Waals surface area contributed by atoms with E-state index in [-0.39, 0.29) is 69.9 Å². The standard InChI is InChI=1S/C35H42O9S2/c36-45(37,38)34-13-12-33(23-4-2-1-3-5-24(23)34)44-46(39,40)35-28(26-17-21-7-10-31(26)42-21)14-19(25-16-20-6-9-30(25)41-20)15-29(35)27-18-22-8-11-32(27)43-22/h12-15,20-22,25-27,30-32H,1-11,16-18H2,(H,36,37,38). The third-order valence-corrected chi connectivity index (χ3v) is 14.4. The Morgan fingerprint density at radius 1 is 0.652 bits per heavy atom. The Balaban J connectivity index is 1.21. The van der Waals surface area contributed by atoms with Gasteiger partial charge in [-0.3, -0.25) is 4.55 Å². The average Bonchev–Trinajstić information content (AvgIpc) is 3.88. The second-order valence-electron chi connectivity index (χ2n) is 14.8. The smallest absolute Gasteiger partial charge is 0.339 e. The summed E-state index contributed by atoms with van der Waals surface area (Å²) in [4.78, 5) is 0.0927. The Bertz CT molecular complexity index is 1740. The molecule has 6 heterocycles. The first-order valence-electron chi connectivity index (χ1n) is 17.3. The van der Waals surface area contributed by atoms with Crippen molar-refractivity contribution in [2.45, 2.75) is 154 Å². The fourth-order valence-electron chi connectivity index (χ4n) is 10.1. The molecule has 0 saturated carbocycles. The third kappa shape index (κ3) is 4.98. The minimum atomic E-state index is -4.48. The van der Waals surface area contributed by atoms with E-state index in [2.05, 4.69) is 12.1 Å². The molecule has 9 atom stereocenters. The SMILES string of the molecule is O=S(=O)(O)c1ccc(OS(=O)(=O)c2c(C3CC4CCC3O4)cc(C3CC4CCC3O4)cc2C2CC3CCC2O3)c2c1CCCCC2. The van der Waals surface area contributed by atoms with Crippen LogP contribution in [0.4, 0.5) is 0 Å². The highest BCUT2D eigenvalue weighted by molar-refractivity contribution is 7.87. The Labute approximate surface area is 271 Å². The molecule has 1 aliphatic carbocycles. The lowest BCUT2D eigenvalue weighted by atomic mass is 9.76. The number of rotatable bonds is 7. The van der Waals surface area contributed by atoms with Crippen LogP contribution >= 0.6 is 0 Å². The zero-order chi connectivity index (χ0) is 31.4. The van der Waals surface area contributed by atoms with Gasteiger partial charge in [0.2, 0.25) is 0 Å². The fraction of sp³-hybridized carbons (Fsp3) is 0.657. The molecular formula is C35H42O9S2. The summed E-state index contributed by atoms with van der Waals surface area (Å²) < 4.78 is 89.5. The maximum atomic E-state index is 14.9. The van der Waals surface area contributed by atoms with E-state index in [1.807, 2.05) is 0 Å². The quantitative estimate of drug-likeness (QED) is 0.212. The molecule has 0 radical (unpaired) electrons. The lowest BCUT2D eigenvalue weighted by Gasteiger charge is -2.30. The Hall–Kier alpha value is -2.02. The molecule has 248 valence electrons. The highest BCUT2D eigenvalue weighted by atomic mass is 32.2. The number of hydrogen-bond acceptors (Lipinski definition) is 8. The molecule has 2 aromatic carbocycles. The van der Waals surface area contributed by atoms with E-state index in [0.29, 0.717) is 24.0 Å². The molecule has 9 unspecified atom stereocenters. The largest absolute Gasteiger partial charge is 0.379 e. The number of benzene rings is 2. The van der Waals surface area contributed by atoms with Gasteiger partial charge < -0.3 is 18.4 Å². The summed E-state index contributed by atoms with van der Waals surface area (Å²) >= 11 is 0. The van der Waals surface area contributed by atoms with E-state index in [9.17, 15) is 21.4 Å². The first-order valence-corrected chi connectivity index (χ1v) is 20.2. The summed E-state index contributed by atoms with van der Waals surface area (Å²) in [5, 5.41) is 0. The zero-order valence-corrected chi connectivity index (χ0v) is 27.6. The molecule has 7 aliphatic rings. The molecule has 11 heteroatoms. The topological polar surface area (TPSA) is 125 Å². The van der Waals surface area contributed by atoms with Crippen LogP contribution in [0.5, 0.6) is 5.75 Å². The lowest BCUT2D eigenvalue weighted by molar-refractivity contribution is 0.0996. The Morgan fingerprint density at radius 3 is 1.65 bits per heavy atom. The van der Waals surface area contributed by atoms with Gasteiger partial charge in [-0.05, 0) is 118 Å². The van der Waals surface area contributed by atoms with Crippen molar-refractivity contribution in [3.05, 3.63) is 52.1 Å². The maximum absolute atomic E-state index is 14.9. The second kappa shape index (κ2) is 11.0. The minimum Gasteiger partial charge on any atom is -0.379 e. The van der Waals surface area contributed by atoms with E-state index in [4.69, 9.17) is 18.4 Å². The Morgan fingerprint density at radius 2 is 1.17 bits per heavy atom. The molecule has 0 aromatic heterocycles. The zero-order valence-electron chi connectivity index (χ0n) is 25.9. The molecule has 46 heavy (non-hydrogen) atoms. The maximum Gasteiger partial charge on any atom is 0.339 e. The average molecular weight is 671 g/mol. The highest BCUT2D eigenvalue weighted by Crippen LogP contribution is 2.53. The summed E-state index contributed by atoms with van der Waals surface area (Å²) in [7, 11) is -8.86. The first kappa shape index (κ1) is 30.1. The second-order valence-corrected chi connectivity index (χ2v) is 17.6. The van der Waals surface area contributed by atoms with Crippen molar-refractivity contribution in [1.82, 2.24) is 0 Å². The van der Waals surface area contributed by atoms with Crippen LogP contribution in [-0.2, 0) is 47.3 Å². The van der Waals surface area contributed by atoms with Crippen molar-refractivity contribution in [2.75, 3.05) is 0 Å². The van der Waals surface area contributed by atoms with Crippen LogP contribution in [-0.4, -0.2) is 58.0 Å². The number of fused-ring (bicyclic) bond motifs is 7. The molecule has 6 aliphatic heterocycles. The van der Waals surface area contributed by atoms with Crippen LogP contribution in [0.3, 0.4) is 0 Å². The van der Waals surface area contributed by atoms with Crippen molar-refractivity contribution < 1.29 is 39.8 Å². The van der Waals surface area contributed by atoms with E-state index in [0.717, 1.165) is 93.7 Å². The highest BCUT2D eigenvalue weighted by Gasteiger charge is 2.49. The molecular weight excluding hydrogens is 629 g/mol. The lowest BCUT2D eigenvalue weighted by Crippen LogP contribution is -2.26. The third-order valence-electron chi connectivity index (χ3n) is 12.1. The van der Waals surface area contributed by atoms with Crippen LogP contribution in [0.1, 0.15) is 123 Å². The Kier molecular flexibility index (Phi) is 7.19. The fourth-order valence-corrected chi connectivity index (χ4v) is 12.4. The van der Waals surface area contributed by atoms with Crippen molar-refractivity contribution in [1.29, 1.82) is 0 Å². The monoisotopic (exact) mass is 670 g/mol. The van der Waals surface area contributed by atoms with Gasteiger partial charge in [-0.15, -0.1) is 0 Å². The van der Waals surface area contributed by atoms with Crippen LogP contribution < -0.4 is 4.18 Å². The number of hydrogen-bond donors (Lipinski definition) is 1. The van der Waals surface area contributed by atoms with Gasteiger partial charge in [0.1, 0.15) is 10.6 Å². The normalized spacial score (nSPS) is 36.3. The van der Waals surface area contributed by atoms with Gasteiger partial charge in [0.25, 0.3) is 10.1 Å². The molecule has 0 spiro atoms. The van der Waals surface area contributed by atoms with E-state index in [1.54, 1.807) is 0 Å². The summed E-state index contributed by atoms with van der Waals surface area (Å²) in [5.74, 6) is 0.282. The van der Waals surface area contributed by atoms with Gasteiger partial charge in [0, 0.05) is 23.3 Å². The minimum absolute atomic E-state index is 0.0278. The van der Waals surface area contributed by atoms with E-state index >= 15 is 0 Å². The van der Waals surface area contributed by atoms with Crippen LogP contribution in [0.25, 0.3) is 0 Å². The molecule has 0 amide bonds. The van der Waals surface area contributed by atoms with Gasteiger partial charge in [0.15, 0.2) is 0 Å². The van der Waals surface area contributed by atoms with Gasteiger partial charge in [-0.2, -0.15) is 16.8 Å². The van der Waals surface area contributed by atoms with Gasteiger partial charge in [-0.25, -0.2) is 0 Å². The van der Waals surface area contributed by atoms with Crippen LogP contribution in [0, 0.1) is 0 Å². The summed E-state index contributed by atoms with van der Waals surface area (Å²) in [6, 6.07) is 6.97. The molecule has 1 N–H and O–H groups in total.